The van der Waals surface area contributed by atoms with Crippen LogP contribution in [0, 0.1) is 0 Å². The zero-order valence-corrected chi connectivity index (χ0v) is 13.9. The minimum atomic E-state index is -0.326. The second-order valence-corrected chi connectivity index (χ2v) is 6.71. The second-order valence-electron chi connectivity index (χ2n) is 6.71. The molecule has 0 atom stereocenters. The molecule has 0 bridgehead atoms. The Morgan fingerprint density at radius 3 is 2.50 bits per heavy atom. The van der Waals surface area contributed by atoms with Crippen LogP contribution in [0.4, 0.5) is 5.69 Å². The molecule has 0 unspecified atom stereocenters. The Bertz CT molecular complexity index is 746. The molecule has 4 rings (SSSR count). The van der Waals surface area contributed by atoms with Crippen LogP contribution in [0.15, 0.2) is 48.5 Å². The lowest BCUT2D eigenvalue weighted by Crippen LogP contribution is -2.46. The molecule has 4 nitrogen and oxygen atoms in total. The van der Waals surface area contributed by atoms with Crippen molar-refractivity contribution >= 4 is 11.6 Å². The Morgan fingerprint density at radius 1 is 1.08 bits per heavy atom. The highest BCUT2D eigenvalue weighted by Gasteiger charge is 2.48. The minimum Gasteiger partial charge on any atom is -0.497 e. The molecule has 1 N–H and O–H groups in total. The average Bonchev–Trinajstić information content (AvgIpc) is 2.90. The fourth-order valence-electron chi connectivity index (χ4n) is 3.95. The number of ether oxygens (including phenoxy) is 1. The number of piperidine rings is 1. The van der Waals surface area contributed by atoms with Gasteiger partial charge in [-0.05, 0) is 55.3 Å². The molecular formula is C20H22N2O2. The summed E-state index contributed by atoms with van der Waals surface area (Å²) in [7, 11) is 1.68. The molecule has 124 valence electrons. The molecular weight excluding hydrogens is 300 g/mol. The first-order valence-electron chi connectivity index (χ1n) is 8.47. The van der Waals surface area contributed by atoms with Gasteiger partial charge < -0.3 is 10.1 Å². The van der Waals surface area contributed by atoms with Crippen molar-refractivity contribution in [3.63, 3.8) is 0 Å². The first-order valence-corrected chi connectivity index (χ1v) is 8.47. The average molecular weight is 322 g/mol. The van der Waals surface area contributed by atoms with E-state index in [0.717, 1.165) is 43.9 Å². The van der Waals surface area contributed by atoms with Crippen molar-refractivity contribution in [1.82, 2.24) is 4.90 Å². The van der Waals surface area contributed by atoms with Crippen molar-refractivity contribution in [2.24, 2.45) is 0 Å². The van der Waals surface area contributed by atoms with Gasteiger partial charge in [-0.15, -0.1) is 0 Å². The van der Waals surface area contributed by atoms with Crippen LogP contribution < -0.4 is 10.1 Å². The van der Waals surface area contributed by atoms with Gasteiger partial charge in [0.25, 0.3) is 0 Å². The maximum atomic E-state index is 12.6. The van der Waals surface area contributed by atoms with Crippen LogP contribution in [0.1, 0.15) is 24.0 Å². The molecule has 1 spiro atoms. The molecule has 1 fully saturated rings. The number of para-hydroxylation sites is 1. The maximum absolute atomic E-state index is 12.6. The van der Waals surface area contributed by atoms with E-state index in [9.17, 15) is 4.79 Å². The Labute approximate surface area is 142 Å². The van der Waals surface area contributed by atoms with E-state index < -0.39 is 0 Å². The van der Waals surface area contributed by atoms with E-state index in [1.807, 2.05) is 30.3 Å². The third-order valence-corrected chi connectivity index (χ3v) is 5.40. The van der Waals surface area contributed by atoms with E-state index in [-0.39, 0.29) is 11.3 Å². The van der Waals surface area contributed by atoms with Crippen molar-refractivity contribution in [3.05, 3.63) is 59.7 Å². The number of rotatable bonds is 3. The Balaban J connectivity index is 1.46. The van der Waals surface area contributed by atoms with Crippen LogP contribution in [-0.2, 0) is 16.8 Å². The van der Waals surface area contributed by atoms with Gasteiger partial charge in [0.1, 0.15) is 5.75 Å². The van der Waals surface area contributed by atoms with Gasteiger partial charge in [0, 0.05) is 12.2 Å². The summed E-state index contributed by atoms with van der Waals surface area (Å²) in [5.74, 6) is 1.06. The fraction of sp³-hybridized carbons (Fsp3) is 0.350. The summed E-state index contributed by atoms with van der Waals surface area (Å²) in [5.41, 5.74) is 3.13. The highest BCUT2D eigenvalue weighted by atomic mass is 16.5. The number of amides is 1. The normalized spacial score (nSPS) is 19.1. The van der Waals surface area contributed by atoms with Crippen molar-refractivity contribution in [3.8, 4) is 5.75 Å². The monoisotopic (exact) mass is 322 g/mol. The van der Waals surface area contributed by atoms with Crippen LogP contribution in [0.2, 0.25) is 0 Å². The van der Waals surface area contributed by atoms with E-state index >= 15 is 0 Å². The number of fused-ring (bicyclic) bond motifs is 2. The lowest BCUT2D eigenvalue weighted by molar-refractivity contribution is -0.122. The van der Waals surface area contributed by atoms with Gasteiger partial charge in [-0.1, -0.05) is 30.3 Å². The van der Waals surface area contributed by atoms with E-state index in [0.29, 0.717) is 0 Å². The number of carbonyl (C=O) groups excluding carboxylic acids is 1. The molecule has 1 saturated heterocycles. The number of methoxy groups -OCH3 is 1. The van der Waals surface area contributed by atoms with Crippen molar-refractivity contribution in [2.45, 2.75) is 24.8 Å². The van der Waals surface area contributed by atoms with Crippen LogP contribution in [0.3, 0.4) is 0 Å². The molecule has 0 aliphatic carbocycles. The number of hydrogen-bond donors (Lipinski definition) is 1. The smallest absolute Gasteiger partial charge is 0.235 e. The highest BCUT2D eigenvalue weighted by Crippen LogP contribution is 2.44. The molecule has 24 heavy (non-hydrogen) atoms. The fourth-order valence-corrected chi connectivity index (χ4v) is 3.95. The first kappa shape index (κ1) is 15.2. The largest absolute Gasteiger partial charge is 0.497 e. The molecule has 0 radical (unpaired) electrons. The number of anilines is 1. The predicted molar refractivity (Wildman–Crippen MR) is 94.3 cm³/mol. The zero-order valence-electron chi connectivity index (χ0n) is 13.9. The van der Waals surface area contributed by atoms with Crippen LogP contribution in [0.5, 0.6) is 5.75 Å². The van der Waals surface area contributed by atoms with Gasteiger partial charge in [-0.2, -0.15) is 0 Å². The quantitative estimate of drug-likeness (QED) is 0.943. The highest BCUT2D eigenvalue weighted by molar-refractivity contribution is 6.06. The first-order chi connectivity index (χ1) is 11.7. The van der Waals surface area contributed by atoms with Gasteiger partial charge in [-0.25, -0.2) is 0 Å². The van der Waals surface area contributed by atoms with Crippen LogP contribution in [-0.4, -0.2) is 31.0 Å². The zero-order chi connectivity index (χ0) is 16.6. The predicted octanol–water partition coefficient (Wildman–Crippen LogP) is 3.18. The standard InChI is InChI=1S/C20H22N2O2/c1-24-16-8-6-15(7-9-16)14-22-12-10-20(11-13-22)17-4-2-3-5-18(17)21-19(20)23/h2-9H,10-14H2,1H3,(H,21,23). The Hall–Kier alpha value is -2.33. The van der Waals surface area contributed by atoms with Crippen LogP contribution >= 0.6 is 0 Å². The summed E-state index contributed by atoms with van der Waals surface area (Å²) in [6.07, 6.45) is 1.76. The number of nitrogens with zero attached hydrogens (tertiary/aromatic N) is 1. The lowest BCUT2D eigenvalue weighted by Gasteiger charge is -2.38. The summed E-state index contributed by atoms with van der Waals surface area (Å²) < 4.78 is 5.21. The summed E-state index contributed by atoms with van der Waals surface area (Å²) in [4.78, 5) is 15.0. The molecule has 2 aliphatic heterocycles. The summed E-state index contributed by atoms with van der Waals surface area (Å²) in [6.45, 7) is 2.80. The minimum absolute atomic E-state index is 0.174. The second kappa shape index (κ2) is 5.95. The van der Waals surface area contributed by atoms with E-state index in [2.05, 4.69) is 28.4 Å². The van der Waals surface area contributed by atoms with Gasteiger partial charge in [0.15, 0.2) is 0 Å². The lowest BCUT2D eigenvalue weighted by atomic mass is 9.73. The van der Waals surface area contributed by atoms with Crippen molar-refractivity contribution in [2.75, 3.05) is 25.5 Å². The maximum Gasteiger partial charge on any atom is 0.235 e. The molecule has 4 heteroatoms. The number of likely N-dealkylation sites (tertiary alicyclic amines) is 1. The number of hydrogen-bond acceptors (Lipinski definition) is 3. The van der Waals surface area contributed by atoms with Gasteiger partial charge in [0.2, 0.25) is 5.91 Å². The van der Waals surface area contributed by atoms with Gasteiger partial charge in [0.05, 0.1) is 12.5 Å². The van der Waals surface area contributed by atoms with E-state index in [4.69, 9.17) is 4.74 Å². The molecule has 2 heterocycles. The topological polar surface area (TPSA) is 41.6 Å². The van der Waals surface area contributed by atoms with Crippen molar-refractivity contribution < 1.29 is 9.53 Å². The van der Waals surface area contributed by atoms with Gasteiger partial charge >= 0.3 is 0 Å². The molecule has 2 aromatic carbocycles. The molecule has 1 amide bonds. The number of carbonyl (C=O) groups is 1. The third-order valence-electron chi connectivity index (χ3n) is 5.40. The Kier molecular flexibility index (Phi) is 3.77. The molecule has 2 aromatic rings. The van der Waals surface area contributed by atoms with E-state index in [1.54, 1.807) is 7.11 Å². The molecule has 0 saturated carbocycles. The third kappa shape index (κ3) is 2.47. The van der Waals surface area contributed by atoms with Crippen LogP contribution in [0.25, 0.3) is 0 Å². The molecule has 0 aromatic heterocycles. The SMILES string of the molecule is COc1ccc(CN2CCC3(CC2)C(=O)Nc2ccccc23)cc1. The Morgan fingerprint density at radius 2 is 1.79 bits per heavy atom. The van der Waals surface area contributed by atoms with Gasteiger partial charge in [-0.3, -0.25) is 9.69 Å². The summed E-state index contributed by atoms with van der Waals surface area (Å²) >= 11 is 0. The number of benzene rings is 2. The van der Waals surface area contributed by atoms with Crippen molar-refractivity contribution in [1.29, 1.82) is 0 Å². The molecule has 2 aliphatic rings. The number of nitrogens with one attached hydrogen (secondary N) is 1. The summed E-state index contributed by atoms with van der Waals surface area (Å²) in [5, 5.41) is 3.06. The van der Waals surface area contributed by atoms with E-state index in [1.165, 1.54) is 11.1 Å². The summed E-state index contributed by atoms with van der Waals surface area (Å²) in [6, 6.07) is 16.4.